The van der Waals surface area contributed by atoms with Gasteiger partial charge in [-0.2, -0.15) is 0 Å². The second-order valence-electron chi connectivity index (χ2n) is 13.3. The second-order valence-corrected chi connectivity index (χ2v) is 13.3. The van der Waals surface area contributed by atoms with Crippen LogP contribution in [0.2, 0.25) is 0 Å². The Hall–Kier alpha value is -1.66. The summed E-state index contributed by atoms with van der Waals surface area (Å²) < 4.78 is 5.82. The van der Waals surface area contributed by atoms with Crippen molar-refractivity contribution in [3.8, 4) is 0 Å². The van der Waals surface area contributed by atoms with Crippen LogP contribution in [0.15, 0.2) is 24.3 Å². The highest BCUT2D eigenvalue weighted by Gasteiger charge is 2.24. The Morgan fingerprint density at radius 3 is 1.65 bits per heavy atom. The van der Waals surface area contributed by atoms with Gasteiger partial charge < -0.3 is 20.3 Å². The molecule has 0 spiro atoms. The monoisotopic (exact) mass is 650 g/mol. The van der Waals surface area contributed by atoms with Gasteiger partial charge in [0, 0.05) is 6.42 Å². The summed E-state index contributed by atoms with van der Waals surface area (Å²) in [5.74, 6) is -0.509. The smallest absolute Gasteiger partial charge is 0.306 e. The van der Waals surface area contributed by atoms with Gasteiger partial charge in [-0.3, -0.25) is 9.59 Å². The third-order valence-electron chi connectivity index (χ3n) is 8.71. The Morgan fingerprint density at radius 1 is 0.609 bits per heavy atom. The molecule has 270 valence electrons. The van der Waals surface area contributed by atoms with Crippen LogP contribution in [0.5, 0.6) is 0 Å². The number of nitrogens with one attached hydrogen (secondary N) is 1. The molecule has 46 heavy (non-hydrogen) atoms. The third kappa shape index (κ3) is 29.7. The van der Waals surface area contributed by atoms with Gasteiger partial charge in [0.2, 0.25) is 5.91 Å². The van der Waals surface area contributed by atoms with Crippen LogP contribution in [0.25, 0.3) is 0 Å². The molecule has 0 aliphatic heterocycles. The SMILES string of the molecule is CCC/C=C\CCCCCCCC(=O)OC(CCCCC/C=C\CCC)CC(=O)NC(CO)C(O)CCCCCCCCCCC. The minimum atomic E-state index is -0.785. The molecule has 3 unspecified atom stereocenters. The molecule has 0 saturated carbocycles. The van der Waals surface area contributed by atoms with E-state index in [0.717, 1.165) is 89.9 Å². The van der Waals surface area contributed by atoms with Gasteiger partial charge in [-0.15, -0.1) is 0 Å². The molecule has 0 fully saturated rings. The van der Waals surface area contributed by atoms with Crippen LogP contribution < -0.4 is 5.32 Å². The largest absolute Gasteiger partial charge is 0.462 e. The van der Waals surface area contributed by atoms with Crippen LogP contribution in [0.3, 0.4) is 0 Å². The molecular weight excluding hydrogens is 574 g/mol. The van der Waals surface area contributed by atoms with Crippen LogP contribution in [-0.2, 0) is 14.3 Å². The Kier molecular flexibility index (Phi) is 33.4. The van der Waals surface area contributed by atoms with Gasteiger partial charge in [-0.05, 0) is 64.2 Å². The Morgan fingerprint density at radius 2 is 1.09 bits per heavy atom. The molecule has 0 aliphatic carbocycles. The molecule has 0 saturated heterocycles. The van der Waals surface area contributed by atoms with E-state index in [2.05, 4.69) is 50.4 Å². The first-order valence-corrected chi connectivity index (χ1v) is 19.6. The van der Waals surface area contributed by atoms with E-state index in [1.807, 2.05) is 0 Å². The van der Waals surface area contributed by atoms with Gasteiger partial charge in [0.15, 0.2) is 0 Å². The van der Waals surface area contributed by atoms with Crippen molar-refractivity contribution in [2.24, 2.45) is 0 Å². The summed E-state index contributed by atoms with van der Waals surface area (Å²) in [6.45, 7) is 6.29. The van der Waals surface area contributed by atoms with E-state index in [9.17, 15) is 19.8 Å². The number of esters is 1. The maximum atomic E-state index is 13.0. The number of rotatable bonds is 34. The van der Waals surface area contributed by atoms with E-state index in [-0.39, 0.29) is 24.9 Å². The summed E-state index contributed by atoms with van der Waals surface area (Å²) in [4.78, 5) is 25.7. The lowest BCUT2D eigenvalue weighted by Crippen LogP contribution is -2.46. The van der Waals surface area contributed by atoms with E-state index in [1.54, 1.807) is 0 Å². The molecule has 6 heteroatoms. The van der Waals surface area contributed by atoms with Crippen LogP contribution >= 0.6 is 0 Å². The van der Waals surface area contributed by atoms with Gasteiger partial charge >= 0.3 is 5.97 Å². The zero-order valence-electron chi connectivity index (χ0n) is 30.5. The van der Waals surface area contributed by atoms with E-state index in [1.165, 1.54) is 57.8 Å². The number of hydrogen-bond donors (Lipinski definition) is 3. The zero-order chi connectivity index (χ0) is 33.9. The summed E-state index contributed by atoms with van der Waals surface area (Å²) in [6.07, 6.45) is 35.4. The van der Waals surface area contributed by atoms with Gasteiger partial charge in [0.25, 0.3) is 0 Å². The number of amides is 1. The number of hydrogen-bond acceptors (Lipinski definition) is 5. The quantitative estimate of drug-likeness (QED) is 0.0366. The number of carbonyl (C=O) groups excluding carboxylic acids is 2. The summed E-state index contributed by atoms with van der Waals surface area (Å²) in [6, 6.07) is -0.699. The van der Waals surface area contributed by atoms with E-state index < -0.39 is 18.2 Å². The minimum absolute atomic E-state index is 0.0644. The summed E-state index contributed by atoms with van der Waals surface area (Å²) in [5, 5.41) is 23.4. The average Bonchev–Trinajstić information content (AvgIpc) is 3.04. The number of allylic oxidation sites excluding steroid dienone is 4. The molecule has 0 aromatic carbocycles. The molecule has 0 radical (unpaired) electrons. The van der Waals surface area contributed by atoms with Crippen molar-refractivity contribution in [3.05, 3.63) is 24.3 Å². The molecule has 0 bridgehead atoms. The van der Waals surface area contributed by atoms with Crippen molar-refractivity contribution in [3.63, 3.8) is 0 Å². The fraction of sp³-hybridized carbons (Fsp3) is 0.850. The van der Waals surface area contributed by atoms with E-state index >= 15 is 0 Å². The molecular formula is C40H75NO5. The fourth-order valence-electron chi connectivity index (χ4n) is 5.73. The van der Waals surface area contributed by atoms with Gasteiger partial charge in [0.05, 0.1) is 25.2 Å². The fourth-order valence-corrected chi connectivity index (χ4v) is 5.73. The molecule has 3 atom stereocenters. The number of aliphatic hydroxyl groups is 2. The molecule has 0 aliphatic rings. The topological polar surface area (TPSA) is 95.9 Å². The van der Waals surface area contributed by atoms with Crippen LogP contribution in [0.1, 0.15) is 194 Å². The lowest BCUT2D eigenvalue weighted by atomic mass is 10.0. The van der Waals surface area contributed by atoms with Crippen molar-refractivity contribution in [2.75, 3.05) is 6.61 Å². The molecule has 6 nitrogen and oxygen atoms in total. The molecule has 0 heterocycles. The van der Waals surface area contributed by atoms with Crippen molar-refractivity contribution in [1.82, 2.24) is 5.32 Å². The highest BCUT2D eigenvalue weighted by molar-refractivity contribution is 5.77. The van der Waals surface area contributed by atoms with E-state index in [4.69, 9.17) is 4.74 Å². The molecule has 3 N–H and O–H groups in total. The first kappa shape index (κ1) is 44.3. The maximum absolute atomic E-state index is 13.0. The Labute approximate surface area is 284 Å². The van der Waals surface area contributed by atoms with Crippen molar-refractivity contribution in [2.45, 2.75) is 212 Å². The van der Waals surface area contributed by atoms with Gasteiger partial charge in [-0.1, -0.05) is 141 Å². The van der Waals surface area contributed by atoms with Crippen LogP contribution in [0.4, 0.5) is 0 Å². The first-order valence-electron chi connectivity index (χ1n) is 19.6. The standard InChI is InChI=1S/C40H75NO5/c1-4-7-10-13-16-19-21-24-27-30-33-40(45)46-36(31-28-25-22-18-15-12-9-6-3)34-39(44)41-37(35-42)38(43)32-29-26-23-20-17-14-11-8-5-2/h10,12-13,15,36-38,42-43H,4-9,11,14,16-35H2,1-3H3,(H,41,44)/b13-10-,15-12-. The van der Waals surface area contributed by atoms with Crippen LogP contribution in [-0.4, -0.2) is 46.9 Å². The highest BCUT2D eigenvalue weighted by Crippen LogP contribution is 2.16. The number of aliphatic hydroxyl groups excluding tert-OH is 2. The van der Waals surface area contributed by atoms with Crippen molar-refractivity contribution in [1.29, 1.82) is 0 Å². The molecule has 1 amide bonds. The average molecular weight is 650 g/mol. The second kappa shape index (κ2) is 34.7. The third-order valence-corrected chi connectivity index (χ3v) is 8.71. The van der Waals surface area contributed by atoms with Crippen LogP contribution in [0, 0.1) is 0 Å². The normalized spacial score (nSPS) is 13.8. The zero-order valence-corrected chi connectivity index (χ0v) is 30.5. The first-order chi connectivity index (χ1) is 22.5. The lowest BCUT2D eigenvalue weighted by Gasteiger charge is -2.24. The number of carbonyl (C=O) groups is 2. The van der Waals surface area contributed by atoms with Gasteiger partial charge in [-0.25, -0.2) is 0 Å². The summed E-state index contributed by atoms with van der Waals surface area (Å²) in [5.41, 5.74) is 0. The molecule has 0 rings (SSSR count). The Bertz CT molecular complexity index is 737. The summed E-state index contributed by atoms with van der Waals surface area (Å²) in [7, 11) is 0. The predicted octanol–water partition coefficient (Wildman–Crippen LogP) is 10.4. The lowest BCUT2D eigenvalue weighted by molar-refractivity contribution is -0.151. The minimum Gasteiger partial charge on any atom is -0.462 e. The maximum Gasteiger partial charge on any atom is 0.306 e. The molecule has 0 aromatic heterocycles. The van der Waals surface area contributed by atoms with Gasteiger partial charge in [0.1, 0.15) is 6.10 Å². The highest BCUT2D eigenvalue weighted by atomic mass is 16.5. The number of ether oxygens (including phenoxy) is 1. The predicted molar refractivity (Wildman–Crippen MR) is 195 cm³/mol. The van der Waals surface area contributed by atoms with Crippen molar-refractivity contribution < 1.29 is 24.5 Å². The molecule has 0 aromatic rings. The van der Waals surface area contributed by atoms with Crippen molar-refractivity contribution >= 4 is 11.9 Å². The van der Waals surface area contributed by atoms with E-state index in [0.29, 0.717) is 19.3 Å². The Balaban J connectivity index is 4.59. The summed E-state index contributed by atoms with van der Waals surface area (Å²) >= 11 is 0. The number of unbranched alkanes of at least 4 members (excludes halogenated alkanes) is 18.